The van der Waals surface area contributed by atoms with Gasteiger partial charge in [-0.05, 0) is 30.7 Å². The van der Waals surface area contributed by atoms with Crippen LogP contribution in [0.1, 0.15) is 5.56 Å². The van der Waals surface area contributed by atoms with Gasteiger partial charge in [-0.3, -0.25) is 0 Å². The van der Waals surface area contributed by atoms with Crippen LogP contribution >= 0.6 is 0 Å². The molecule has 1 fully saturated rings. The number of H-pyrrole nitrogens is 1. The molecule has 2 aromatic heterocycles. The predicted octanol–water partition coefficient (Wildman–Crippen LogP) is 2.59. The van der Waals surface area contributed by atoms with Crippen LogP contribution in [0.2, 0.25) is 0 Å². The lowest BCUT2D eigenvalue weighted by Crippen LogP contribution is -2.46. The van der Waals surface area contributed by atoms with Gasteiger partial charge in [0.2, 0.25) is 0 Å². The molecule has 22 heavy (non-hydrogen) atoms. The minimum atomic E-state index is 0.908. The lowest BCUT2D eigenvalue weighted by Gasteiger charge is -2.37. The smallest absolute Gasteiger partial charge is 0.142 e. The molecule has 0 unspecified atom stereocenters. The van der Waals surface area contributed by atoms with E-state index in [9.17, 15) is 0 Å². The van der Waals surface area contributed by atoms with Gasteiger partial charge in [0.25, 0.3) is 0 Å². The van der Waals surface area contributed by atoms with E-state index in [0.717, 1.165) is 43.0 Å². The van der Waals surface area contributed by atoms with Gasteiger partial charge in [-0.25, -0.2) is 9.97 Å². The maximum absolute atomic E-state index is 4.49. The lowest BCUT2D eigenvalue weighted by atomic mass is 10.2. The Hall–Kier alpha value is -2.56. The first-order valence-electron chi connectivity index (χ1n) is 7.66. The van der Waals surface area contributed by atoms with Crippen molar-refractivity contribution in [2.45, 2.75) is 6.92 Å². The monoisotopic (exact) mass is 293 g/mol. The van der Waals surface area contributed by atoms with Gasteiger partial charge in [-0.2, -0.15) is 0 Å². The maximum atomic E-state index is 4.49. The van der Waals surface area contributed by atoms with Crippen LogP contribution in [0.15, 0.2) is 42.9 Å². The molecule has 3 aromatic rings. The highest BCUT2D eigenvalue weighted by Crippen LogP contribution is 2.24. The average Bonchev–Trinajstić information content (AvgIpc) is 3.04. The third kappa shape index (κ3) is 2.28. The Morgan fingerprint density at radius 1 is 1.00 bits per heavy atom. The number of hydrogen-bond donors (Lipinski definition) is 1. The summed E-state index contributed by atoms with van der Waals surface area (Å²) in [7, 11) is 0. The zero-order valence-electron chi connectivity index (χ0n) is 12.7. The van der Waals surface area contributed by atoms with Crippen LogP contribution in [-0.2, 0) is 0 Å². The predicted molar refractivity (Wildman–Crippen MR) is 89.5 cm³/mol. The fourth-order valence-electron chi connectivity index (χ4n) is 3.11. The molecule has 0 amide bonds. The van der Waals surface area contributed by atoms with Crippen LogP contribution in [0.3, 0.4) is 0 Å². The van der Waals surface area contributed by atoms with Crippen molar-refractivity contribution in [3.05, 3.63) is 48.4 Å². The zero-order valence-corrected chi connectivity index (χ0v) is 12.7. The fourth-order valence-corrected chi connectivity index (χ4v) is 3.11. The van der Waals surface area contributed by atoms with Crippen LogP contribution in [0, 0.1) is 6.92 Å². The van der Waals surface area contributed by atoms with Crippen LogP contribution < -0.4 is 9.80 Å². The number of aromatic nitrogens is 3. The summed E-state index contributed by atoms with van der Waals surface area (Å²) in [6.07, 6.45) is 3.56. The van der Waals surface area contributed by atoms with E-state index in [1.807, 2.05) is 6.20 Å². The van der Waals surface area contributed by atoms with E-state index in [-0.39, 0.29) is 0 Å². The number of nitrogens with one attached hydrogen (secondary N) is 1. The SMILES string of the molecule is Cc1cccc(N2CCN(c3ncnc4[nH]ccc34)CC2)c1. The Balaban J connectivity index is 1.53. The van der Waals surface area contributed by atoms with E-state index >= 15 is 0 Å². The maximum Gasteiger partial charge on any atom is 0.142 e. The molecule has 1 N–H and O–H groups in total. The lowest BCUT2D eigenvalue weighted by molar-refractivity contribution is 0.649. The molecule has 5 heteroatoms. The first-order chi connectivity index (χ1) is 10.8. The van der Waals surface area contributed by atoms with Crippen molar-refractivity contribution in [3.8, 4) is 0 Å². The molecular weight excluding hydrogens is 274 g/mol. The van der Waals surface area contributed by atoms with Gasteiger partial charge in [0.1, 0.15) is 17.8 Å². The number of rotatable bonds is 2. The quantitative estimate of drug-likeness (QED) is 0.789. The highest BCUT2D eigenvalue weighted by Gasteiger charge is 2.20. The summed E-state index contributed by atoms with van der Waals surface area (Å²) in [6.45, 7) is 6.12. The summed E-state index contributed by atoms with van der Waals surface area (Å²) in [5, 5.41) is 1.10. The Bertz CT molecular complexity index is 786. The van der Waals surface area contributed by atoms with Gasteiger partial charge < -0.3 is 14.8 Å². The van der Waals surface area contributed by atoms with Crippen LogP contribution in [-0.4, -0.2) is 41.1 Å². The Morgan fingerprint density at radius 3 is 2.64 bits per heavy atom. The minimum Gasteiger partial charge on any atom is -0.368 e. The Kier molecular flexibility index (Phi) is 3.18. The van der Waals surface area contributed by atoms with Crippen LogP contribution in [0.5, 0.6) is 0 Å². The minimum absolute atomic E-state index is 0.908. The molecule has 1 saturated heterocycles. The summed E-state index contributed by atoms with van der Waals surface area (Å²) >= 11 is 0. The number of aryl methyl sites for hydroxylation is 1. The van der Waals surface area contributed by atoms with Crippen molar-refractivity contribution in [2.24, 2.45) is 0 Å². The second-order valence-corrected chi connectivity index (χ2v) is 5.75. The molecule has 0 spiro atoms. The van der Waals surface area contributed by atoms with Crippen LogP contribution in [0.25, 0.3) is 11.0 Å². The highest BCUT2D eigenvalue weighted by atomic mass is 15.3. The summed E-state index contributed by atoms with van der Waals surface area (Å²) in [4.78, 5) is 16.7. The van der Waals surface area contributed by atoms with E-state index in [1.165, 1.54) is 11.3 Å². The van der Waals surface area contributed by atoms with E-state index in [4.69, 9.17) is 0 Å². The third-order valence-electron chi connectivity index (χ3n) is 4.28. The molecule has 0 radical (unpaired) electrons. The van der Waals surface area contributed by atoms with Crippen molar-refractivity contribution in [1.82, 2.24) is 15.0 Å². The Labute approximate surface area is 129 Å². The number of aromatic amines is 1. The number of piperazine rings is 1. The molecular formula is C17H19N5. The standard InChI is InChI=1S/C17H19N5/c1-13-3-2-4-14(11-13)21-7-9-22(10-8-21)17-15-5-6-18-16(15)19-12-20-17/h2-6,11-12H,7-10H2,1H3,(H,18,19,20). The molecule has 3 heterocycles. The molecule has 0 bridgehead atoms. The van der Waals surface area contributed by atoms with Crippen molar-refractivity contribution >= 4 is 22.5 Å². The van der Waals surface area contributed by atoms with Gasteiger partial charge in [0, 0.05) is 38.1 Å². The topological polar surface area (TPSA) is 48.1 Å². The second kappa shape index (κ2) is 5.33. The zero-order chi connectivity index (χ0) is 14.9. The van der Waals surface area contributed by atoms with Crippen molar-refractivity contribution < 1.29 is 0 Å². The number of fused-ring (bicyclic) bond motifs is 1. The number of nitrogens with zero attached hydrogens (tertiary/aromatic N) is 4. The number of hydrogen-bond acceptors (Lipinski definition) is 4. The first-order valence-corrected chi connectivity index (χ1v) is 7.66. The average molecular weight is 293 g/mol. The van der Waals surface area contributed by atoms with Crippen molar-refractivity contribution in [2.75, 3.05) is 36.0 Å². The fraction of sp³-hybridized carbons (Fsp3) is 0.294. The van der Waals surface area contributed by atoms with Gasteiger partial charge in [0.05, 0.1) is 5.39 Å². The van der Waals surface area contributed by atoms with Crippen LogP contribution in [0.4, 0.5) is 11.5 Å². The molecule has 0 aliphatic carbocycles. The number of benzene rings is 1. The molecule has 1 aliphatic rings. The Morgan fingerprint density at radius 2 is 1.82 bits per heavy atom. The van der Waals surface area contributed by atoms with Gasteiger partial charge in [-0.15, -0.1) is 0 Å². The molecule has 0 atom stereocenters. The normalized spacial score (nSPS) is 15.5. The summed E-state index contributed by atoms with van der Waals surface area (Å²) in [5.74, 6) is 1.04. The number of anilines is 2. The van der Waals surface area contributed by atoms with E-state index in [0.29, 0.717) is 0 Å². The summed E-state index contributed by atoms with van der Waals surface area (Å²) in [6, 6.07) is 10.8. The van der Waals surface area contributed by atoms with Crippen molar-refractivity contribution in [3.63, 3.8) is 0 Å². The second-order valence-electron chi connectivity index (χ2n) is 5.75. The molecule has 0 saturated carbocycles. The molecule has 5 nitrogen and oxygen atoms in total. The van der Waals surface area contributed by atoms with E-state index in [1.54, 1.807) is 6.33 Å². The van der Waals surface area contributed by atoms with Gasteiger partial charge in [-0.1, -0.05) is 12.1 Å². The highest BCUT2D eigenvalue weighted by molar-refractivity contribution is 5.87. The first kappa shape index (κ1) is 13.1. The van der Waals surface area contributed by atoms with Gasteiger partial charge in [0.15, 0.2) is 0 Å². The van der Waals surface area contributed by atoms with Crippen molar-refractivity contribution in [1.29, 1.82) is 0 Å². The summed E-state index contributed by atoms with van der Waals surface area (Å²) < 4.78 is 0. The largest absolute Gasteiger partial charge is 0.368 e. The van der Waals surface area contributed by atoms with E-state index in [2.05, 4.69) is 62.0 Å². The molecule has 4 rings (SSSR count). The summed E-state index contributed by atoms with van der Waals surface area (Å²) in [5.41, 5.74) is 3.53. The third-order valence-corrected chi connectivity index (χ3v) is 4.28. The molecule has 112 valence electrons. The molecule has 1 aliphatic heterocycles. The van der Waals surface area contributed by atoms with Gasteiger partial charge >= 0.3 is 0 Å². The van der Waals surface area contributed by atoms with E-state index < -0.39 is 0 Å². The molecule has 1 aromatic carbocycles.